The average molecular weight is 291 g/mol. The van der Waals surface area contributed by atoms with Gasteiger partial charge in [-0.25, -0.2) is 9.37 Å². The SMILES string of the molecule is CCN(c1ccccc1F)c1nc(N)nc(C)c1[N+](=O)[O-]. The Balaban J connectivity index is 2.68. The molecule has 2 N–H and O–H groups in total. The van der Waals surface area contributed by atoms with Crippen LogP contribution in [0.1, 0.15) is 12.6 Å². The molecule has 0 fully saturated rings. The predicted molar refractivity (Wildman–Crippen MR) is 76.9 cm³/mol. The summed E-state index contributed by atoms with van der Waals surface area (Å²) in [5, 5.41) is 11.3. The standard InChI is InChI=1S/C13H14FN5O2/c1-3-18(10-7-5-4-6-9(10)14)12-11(19(20)21)8(2)16-13(15)17-12/h4-7H,3H2,1-2H3,(H2,15,16,17). The molecule has 0 unspecified atom stereocenters. The van der Waals surface area contributed by atoms with Crippen molar-refractivity contribution in [3.05, 3.63) is 45.9 Å². The van der Waals surface area contributed by atoms with Gasteiger partial charge in [0, 0.05) is 6.54 Å². The quantitative estimate of drug-likeness (QED) is 0.686. The Bertz CT molecular complexity index is 692. The van der Waals surface area contributed by atoms with Crippen LogP contribution in [-0.2, 0) is 0 Å². The van der Waals surface area contributed by atoms with E-state index in [0.29, 0.717) is 0 Å². The second-order valence-electron chi connectivity index (χ2n) is 4.29. The molecule has 1 aromatic heterocycles. The molecule has 0 bridgehead atoms. The van der Waals surface area contributed by atoms with Gasteiger partial charge < -0.3 is 10.6 Å². The normalized spacial score (nSPS) is 10.4. The number of anilines is 3. The lowest BCUT2D eigenvalue weighted by atomic mass is 10.2. The fraction of sp³-hybridized carbons (Fsp3) is 0.231. The maximum Gasteiger partial charge on any atom is 0.333 e. The van der Waals surface area contributed by atoms with Gasteiger partial charge in [-0.1, -0.05) is 12.1 Å². The number of nitro groups is 1. The van der Waals surface area contributed by atoms with Gasteiger partial charge in [-0.15, -0.1) is 0 Å². The van der Waals surface area contributed by atoms with Gasteiger partial charge >= 0.3 is 5.69 Å². The fourth-order valence-electron chi connectivity index (χ4n) is 2.08. The van der Waals surface area contributed by atoms with Crippen molar-refractivity contribution in [3.63, 3.8) is 0 Å². The molecule has 0 aliphatic rings. The molecule has 21 heavy (non-hydrogen) atoms. The first kappa shape index (κ1) is 14.6. The minimum atomic E-state index is -0.590. The summed E-state index contributed by atoms with van der Waals surface area (Å²) in [6.07, 6.45) is 0. The van der Waals surface area contributed by atoms with Gasteiger partial charge in [0.15, 0.2) is 0 Å². The van der Waals surface area contributed by atoms with Crippen molar-refractivity contribution in [1.29, 1.82) is 0 Å². The van der Waals surface area contributed by atoms with E-state index in [2.05, 4.69) is 9.97 Å². The predicted octanol–water partition coefficient (Wildman–Crippen LogP) is 2.57. The molecule has 0 aliphatic heterocycles. The molecule has 2 aromatic rings. The summed E-state index contributed by atoms with van der Waals surface area (Å²) in [5.74, 6) is -0.607. The van der Waals surface area contributed by atoms with Crippen LogP contribution in [0.5, 0.6) is 0 Å². The van der Waals surface area contributed by atoms with E-state index in [9.17, 15) is 14.5 Å². The van der Waals surface area contributed by atoms with Crippen LogP contribution in [0.3, 0.4) is 0 Å². The van der Waals surface area contributed by atoms with Crippen LogP contribution in [0.25, 0.3) is 0 Å². The van der Waals surface area contributed by atoms with E-state index < -0.39 is 10.7 Å². The molecular formula is C13H14FN5O2. The van der Waals surface area contributed by atoms with Crippen molar-refractivity contribution in [1.82, 2.24) is 9.97 Å². The van der Waals surface area contributed by atoms with Crippen LogP contribution in [0.2, 0.25) is 0 Å². The van der Waals surface area contributed by atoms with Crippen molar-refractivity contribution in [3.8, 4) is 0 Å². The highest BCUT2D eigenvalue weighted by molar-refractivity contribution is 5.70. The molecule has 0 aliphatic carbocycles. The van der Waals surface area contributed by atoms with E-state index in [0.717, 1.165) is 0 Å². The summed E-state index contributed by atoms with van der Waals surface area (Å²) in [6, 6.07) is 5.99. The Kier molecular flexibility index (Phi) is 3.97. The van der Waals surface area contributed by atoms with Gasteiger partial charge in [0.05, 0.1) is 10.6 Å². The summed E-state index contributed by atoms with van der Waals surface area (Å²) < 4.78 is 14.0. The Morgan fingerprint density at radius 1 is 1.38 bits per heavy atom. The number of nitrogens with two attached hydrogens (primary N) is 1. The first-order valence-corrected chi connectivity index (χ1v) is 6.26. The molecule has 8 heteroatoms. The lowest BCUT2D eigenvalue weighted by Crippen LogP contribution is -2.21. The third-order valence-corrected chi connectivity index (χ3v) is 2.95. The van der Waals surface area contributed by atoms with Crippen molar-refractivity contribution in [2.45, 2.75) is 13.8 Å². The molecular weight excluding hydrogens is 277 g/mol. The number of nitrogen functional groups attached to an aromatic ring is 1. The van der Waals surface area contributed by atoms with E-state index >= 15 is 0 Å². The number of aromatic nitrogens is 2. The minimum absolute atomic E-state index is 0.0161. The molecule has 0 amide bonds. The number of aryl methyl sites for hydroxylation is 1. The lowest BCUT2D eigenvalue weighted by molar-refractivity contribution is -0.385. The number of para-hydroxylation sites is 1. The minimum Gasteiger partial charge on any atom is -0.368 e. The third kappa shape index (κ3) is 2.73. The Morgan fingerprint density at radius 3 is 2.62 bits per heavy atom. The van der Waals surface area contributed by atoms with Gasteiger partial charge in [-0.05, 0) is 26.0 Å². The molecule has 7 nitrogen and oxygen atoms in total. The third-order valence-electron chi connectivity index (χ3n) is 2.95. The second kappa shape index (κ2) is 5.70. The van der Waals surface area contributed by atoms with E-state index in [1.807, 2.05) is 0 Å². The summed E-state index contributed by atoms with van der Waals surface area (Å²) in [7, 11) is 0. The summed E-state index contributed by atoms with van der Waals surface area (Å²) in [5.41, 5.74) is 5.62. The average Bonchev–Trinajstić information content (AvgIpc) is 2.40. The van der Waals surface area contributed by atoms with Crippen molar-refractivity contribution >= 4 is 23.1 Å². The number of nitrogens with zero attached hydrogens (tertiary/aromatic N) is 4. The van der Waals surface area contributed by atoms with Gasteiger partial charge in [-0.2, -0.15) is 4.98 Å². The van der Waals surface area contributed by atoms with Gasteiger partial charge in [0.25, 0.3) is 0 Å². The Morgan fingerprint density at radius 2 is 2.05 bits per heavy atom. The zero-order valence-corrected chi connectivity index (χ0v) is 11.6. The summed E-state index contributed by atoms with van der Waals surface area (Å²) >= 11 is 0. The first-order valence-electron chi connectivity index (χ1n) is 6.26. The van der Waals surface area contributed by atoms with Gasteiger partial charge in [0.2, 0.25) is 11.8 Å². The van der Waals surface area contributed by atoms with E-state index in [-0.39, 0.29) is 35.4 Å². The Labute approximate surface area is 120 Å². The van der Waals surface area contributed by atoms with Crippen LogP contribution in [0.4, 0.5) is 27.5 Å². The van der Waals surface area contributed by atoms with Crippen molar-refractivity contribution in [2.24, 2.45) is 0 Å². The molecule has 0 saturated heterocycles. The van der Waals surface area contributed by atoms with Gasteiger partial charge in [-0.3, -0.25) is 10.1 Å². The topological polar surface area (TPSA) is 98.2 Å². The molecule has 0 saturated carbocycles. The molecule has 110 valence electrons. The largest absolute Gasteiger partial charge is 0.368 e. The zero-order chi connectivity index (χ0) is 15.6. The first-order chi connectivity index (χ1) is 9.95. The van der Waals surface area contributed by atoms with Gasteiger partial charge in [0.1, 0.15) is 11.5 Å². The van der Waals surface area contributed by atoms with Crippen LogP contribution in [0.15, 0.2) is 24.3 Å². The number of halogens is 1. The smallest absolute Gasteiger partial charge is 0.333 e. The van der Waals surface area contributed by atoms with Crippen molar-refractivity contribution in [2.75, 3.05) is 17.2 Å². The Hall–Kier alpha value is -2.77. The summed E-state index contributed by atoms with van der Waals surface area (Å²) in [6.45, 7) is 3.50. The van der Waals surface area contributed by atoms with E-state index in [1.165, 1.54) is 24.0 Å². The van der Waals surface area contributed by atoms with Crippen LogP contribution in [-0.4, -0.2) is 21.4 Å². The second-order valence-corrected chi connectivity index (χ2v) is 4.29. The summed E-state index contributed by atoms with van der Waals surface area (Å²) in [4.78, 5) is 19.8. The molecule has 0 radical (unpaired) electrons. The highest BCUT2D eigenvalue weighted by atomic mass is 19.1. The number of rotatable bonds is 4. The van der Waals surface area contributed by atoms with Crippen LogP contribution >= 0.6 is 0 Å². The highest BCUT2D eigenvalue weighted by Crippen LogP contribution is 2.34. The fourth-order valence-corrected chi connectivity index (χ4v) is 2.08. The van der Waals surface area contributed by atoms with Crippen LogP contribution < -0.4 is 10.6 Å². The van der Waals surface area contributed by atoms with E-state index in [1.54, 1.807) is 19.1 Å². The molecule has 0 atom stereocenters. The maximum absolute atomic E-state index is 14.0. The lowest BCUT2D eigenvalue weighted by Gasteiger charge is -2.22. The van der Waals surface area contributed by atoms with Crippen molar-refractivity contribution < 1.29 is 9.31 Å². The molecule has 1 heterocycles. The monoisotopic (exact) mass is 291 g/mol. The molecule has 1 aromatic carbocycles. The number of hydrogen-bond acceptors (Lipinski definition) is 6. The maximum atomic E-state index is 14.0. The molecule has 2 rings (SSSR count). The molecule has 0 spiro atoms. The highest BCUT2D eigenvalue weighted by Gasteiger charge is 2.27. The van der Waals surface area contributed by atoms with Crippen LogP contribution in [0, 0.1) is 22.9 Å². The zero-order valence-electron chi connectivity index (χ0n) is 11.6. The van der Waals surface area contributed by atoms with E-state index in [4.69, 9.17) is 5.73 Å². The number of benzene rings is 1. The number of hydrogen-bond donors (Lipinski definition) is 1.